The molecule has 3 heterocycles. The van der Waals surface area contributed by atoms with E-state index in [9.17, 15) is 0 Å². The summed E-state index contributed by atoms with van der Waals surface area (Å²) in [5, 5.41) is 0. The number of piperidine rings is 1. The van der Waals surface area contributed by atoms with Crippen molar-refractivity contribution in [3.05, 3.63) is 23.9 Å². The third-order valence-corrected chi connectivity index (χ3v) is 4.33. The highest BCUT2D eigenvalue weighted by molar-refractivity contribution is 5.31. The predicted octanol–water partition coefficient (Wildman–Crippen LogP) is 1.82. The molecule has 2 fully saturated rings. The quantitative estimate of drug-likeness (QED) is 0.896. The maximum absolute atomic E-state index is 6.00. The average molecular weight is 291 g/mol. The Balaban J connectivity index is 1.38. The van der Waals surface area contributed by atoms with Crippen molar-refractivity contribution in [1.29, 1.82) is 0 Å². The van der Waals surface area contributed by atoms with Crippen LogP contribution in [0.2, 0.25) is 0 Å². The third kappa shape index (κ3) is 4.40. The Hall–Kier alpha value is -1.17. The van der Waals surface area contributed by atoms with E-state index >= 15 is 0 Å². The number of nitrogen functional groups attached to an aromatic ring is 1. The van der Waals surface area contributed by atoms with E-state index in [0.717, 1.165) is 52.1 Å². The molecule has 5 heteroatoms. The second kappa shape index (κ2) is 7.20. The van der Waals surface area contributed by atoms with Crippen molar-refractivity contribution < 1.29 is 9.47 Å². The molecule has 0 spiro atoms. The van der Waals surface area contributed by atoms with E-state index in [-0.39, 0.29) is 0 Å². The molecule has 2 aliphatic heterocycles. The van der Waals surface area contributed by atoms with Crippen LogP contribution < -0.4 is 5.73 Å². The Bertz CT molecular complexity index is 441. The zero-order chi connectivity index (χ0) is 14.5. The second-order valence-corrected chi connectivity index (χ2v) is 6.03. The van der Waals surface area contributed by atoms with Gasteiger partial charge in [-0.1, -0.05) is 0 Å². The van der Waals surface area contributed by atoms with Crippen LogP contribution in [0.3, 0.4) is 0 Å². The van der Waals surface area contributed by atoms with Gasteiger partial charge in [0.05, 0.1) is 18.8 Å². The van der Waals surface area contributed by atoms with Gasteiger partial charge in [0.25, 0.3) is 0 Å². The van der Waals surface area contributed by atoms with Crippen LogP contribution in [0.25, 0.3) is 0 Å². The van der Waals surface area contributed by atoms with Crippen LogP contribution >= 0.6 is 0 Å². The molecule has 0 amide bonds. The van der Waals surface area contributed by atoms with Crippen molar-refractivity contribution in [1.82, 2.24) is 9.88 Å². The lowest BCUT2D eigenvalue weighted by atomic mass is 10.1. The van der Waals surface area contributed by atoms with E-state index < -0.39 is 0 Å². The molecule has 1 aromatic rings. The standard InChI is InChI=1S/C16H25N3O2/c17-16-10-13(3-6-18-16)11-19-7-4-14(5-8-19)21-12-15-2-1-9-20-15/h3,6,10,14-15H,1-2,4-5,7-9,11-12H2,(H2,17,18)/t15-/m0/s1. The van der Waals surface area contributed by atoms with Crippen LogP contribution in [-0.2, 0) is 16.0 Å². The lowest BCUT2D eigenvalue weighted by Gasteiger charge is -2.32. The molecular formula is C16H25N3O2. The molecular weight excluding hydrogens is 266 g/mol. The Kier molecular flexibility index (Phi) is 5.06. The summed E-state index contributed by atoms with van der Waals surface area (Å²) in [5.41, 5.74) is 6.96. The van der Waals surface area contributed by atoms with Gasteiger partial charge in [-0.2, -0.15) is 0 Å². The van der Waals surface area contributed by atoms with E-state index in [2.05, 4.69) is 9.88 Å². The Morgan fingerprint density at radius 3 is 2.90 bits per heavy atom. The van der Waals surface area contributed by atoms with Crippen LogP contribution in [0.15, 0.2) is 18.3 Å². The Morgan fingerprint density at radius 2 is 2.19 bits per heavy atom. The zero-order valence-electron chi connectivity index (χ0n) is 12.5. The van der Waals surface area contributed by atoms with Gasteiger partial charge < -0.3 is 15.2 Å². The first-order valence-electron chi connectivity index (χ1n) is 7.95. The molecule has 2 aliphatic rings. The molecule has 116 valence electrons. The number of hydrogen-bond acceptors (Lipinski definition) is 5. The fourth-order valence-corrected chi connectivity index (χ4v) is 3.10. The summed E-state index contributed by atoms with van der Waals surface area (Å²) in [5.74, 6) is 0.599. The summed E-state index contributed by atoms with van der Waals surface area (Å²) in [6, 6.07) is 4.00. The zero-order valence-corrected chi connectivity index (χ0v) is 12.5. The minimum absolute atomic E-state index is 0.336. The number of ether oxygens (including phenoxy) is 2. The molecule has 0 saturated carbocycles. The molecule has 0 radical (unpaired) electrons. The van der Waals surface area contributed by atoms with E-state index in [0.29, 0.717) is 18.0 Å². The van der Waals surface area contributed by atoms with Gasteiger partial charge in [-0.15, -0.1) is 0 Å². The lowest BCUT2D eigenvalue weighted by molar-refractivity contribution is -0.0426. The van der Waals surface area contributed by atoms with Gasteiger partial charge in [0, 0.05) is 32.4 Å². The normalized spacial score (nSPS) is 24.5. The van der Waals surface area contributed by atoms with Gasteiger partial charge in [0.15, 0.2) is 0 Å². The molecule has 0 bridgehead atoms. The van der Waals surface area contributed by atoms with Crippen molar-refractivity contribution >= 4 is 5.82 Å². The Labute approximate surface area is 126 Å². The number of hydrogen-bond donors (Lipinski definition) is 1. The fourth-order valence-electron chi connectivity index (χ4n) is 3.10. The molecule has 1 atom stereocenters. The van der Waals surface area contributed by atoms with Crippen molar-refractivity contribution in [3.63, 3.8) is 0 Å². The van der Waals surface area contributed by atoms with E-state index in [1.807, 2.05) is 12.1 Å². The monoisotopic (exact) mass is 291 g/mol. The molecule has 0 aliphatic carbocycles. The minimum atomic E-state index is 0.336. The summed E-state index contributed by atoms with van der Waals surface area (Å²) in [7, 11) is 0. The fraction of sp³-hybridized carbons (Fsp3) is 0.688. The minimum Gasteiger partial charge on any atom is -0.384 e. The highest BCUT2D eigenvalue weighted by atomic mass is 16.5. The molecule has 3 rings (SSSR count). The number of nitrogens with zero attached hydrogens (tertiary/aromatic N) is 2. The van der Waals surface area contributed by atoms with Gasteiger partial charge in [-0.05, 0) is 43.4 Å². The van der Waals surface area contributed by atoms with Crippen molar-refractivity contribution in [2.45, 2.75) is 44.4 Å². The molecule has 1 aromatic heterocycles. The van der Waals surface area contributed by atoms with Gasteiger partial charge in [-0.25, -0.2) is 4.98 Å². The number of anilines is 1. The van der Waals surface area contributed by atoms with E-state index in [1.54, 1.807) is 6.20 Å². The molecule has 0 aromatic carbocycles. The summed E-state index contributed by atoms with van der Waals surface area (Å²) in [6.45, 7) is 4.79. The van der Waals surface area contributed by atoms with Crippen molar-refractivity contribution in [2.75, 3.05) is 32.0 Å². The van der Waals surface area contributed by atoms with Crippen LogP contribution in [0.5, 0.6) is 0 Å². The Morgan fingerprint density at radius 1 is 1.33 bits per heavy atom. The van der Waals surface area contributed by atoms with Crippen LogP contribution in [0, 0.1) is 0 Å². The topological polar surface area (TPSA) is 60.6 Å². The average Bonchev–Trinajstić information content (AvgIpc) is 3.00. The van der Waals surface area contributed by atoms with E-state index in [1.165, 1.54) is 12.0 Å². The number of pyridine rings is 1. The number of aromatic nitrogens is 1. The number of nitrogens with two attached hydrogens (primary N) is 1. The van der Waals surface area contributed by atoms with Gasteiger partial charge >= 0.3 is 0 Å². The van der Waals surface area contributed by atoms with Crippen molar-refractivity contribution in [2.24, 2.45) is 0 Å². The molecule has 2 N–H and O–H groups in total. The first kappa shape index (κ1) is 14.8. The number of rotatable bonds is 5. The van der Waals surface area contributed by atoms with Crippen molar-refractivity contribution in [3.8, 4) is 0 Å². The predicted molar refractivity (Wildman–Crippen MR) is 81.9 cm³/mol. The summed E-state index contributed by atoms with van der Waals surface area (Å²) < 4.78 is 11.6. The first-order valence-corrected chi connectivity index (χ1v) is 7.95. The summed E-state index contributed by atoms with van der Waals surface area (Å²) in [6.07, 6.45) is 7.06. The molecule has 2 saturated heterocycles. The maximum Gasteiger partial charge on any atom is 0.123 e. The highest BCUT2D eigenvalue weighted by Crippen LogP contribution is 2.19. The van der Waals surface area contributed by atoms with Crippen LogP contribution in [0.1, 0.15) is 31.2 Å². The largest absolute Gasteiger partial charge is 0.384 e. The van der Waals surface area contributed by atoms with Gasteiger partial charge in [0.2, 0.25) is 0 Å². The number of likely N-dealkylation sites (tertiary alicyclic amines) is 1. The molecule has 5 nitrogen and oxygen atoms in total. The maximum atomic E-state index is 6.00. The SMILES string of the molecule is Nc1cc(CN2CCC(OC[C@@H]3CCCO3)CC2)ccn1. The second-order valence-electron chi connectivity index (χ2n) is 6.03. The van der Waals surface area contributed by atoms with Crippen LogP contribution in [-0.4, -0.2) is 48.4 Å². The highest BCUT2D eigenvalue weighted by Gasteiger charge is 2.22. The van der Waals surface area contributed by atoms with Gasteiger partial charge in [-0.3, -0.25) is 4.90 Å². The lowest BCUT2D eigenvalue weighted by Crippen LogP contribution is -2.37. The third-order valence-electron chi connectivity index (χ3n) is 4.33. The van der Waals surface area contributed by atoms with E-state index in [4.69, 9.17) is 15.2 Å². The summed E-state index contributed by atoms with van der Waals surface area (Å²) >= 11 is 0. The first-order chi connectivity index (χ1) is 10.3. The molecule has 0 unspecified atom stereocenters. The van der Waals surface area contributed by atoms with Crippen LogP contribution in [0.4, 0.5) is 5.82 Å². The summed E-state index contributed by atoms with van der Waals surface area (Å²) in [4.78, 5) is 6.49. The van der Waals surface area contributed by atoms with Gasteiger partial charge in [0.1, 0.15) is 5.82 Å². The smallest absolute Gasteiger partial charge is 0.123 e. The molecule has 21 heavy (non-hydrogen) atoms.